The minimum atomic E-state index is 0.181. The maximum atomic E-state index is 9.21. The second kappa shape index (κ2) is 18.1. The van der Waals surface area contributed by atoms with Crippen molar-refractivity contribution < 1.29 is 9.53 Å². The van der Waals surface area contributed by atoms with Crippen LogP contribution >= 0.6 is 34.8 Å². The first-order chi connectivity index (χ1) is 17.6. The van der Waals surface area contributed by atoms with Crippen molar-refractivity contribution in [1.82, 2.24) is 15.3 Å². The van der Waals surface area contributed by atoms with Gasteiger partial charge in [0.15, 0.2) is 0 Å². The van der Waals surface area contributed by atoms with E-state index in [0.29, 0.717) is 25.1 Å². The molecule has 2 aliphatic carbocycles. The number of nitrogens with two attached hydrogens (primary N) is 1. The molecule has 0 saturated carbocycles. The quantitative estimate of drug-likeness (QED) is 0.318. The van der Waals surface area contributed by atoms with E-state index in [1.54, 1.807) is 0 Å². The molecule has 2 aromatic rings. The van der Waals surface area contributed by atoms with Crippen LogP contribution in [0.5, 0.6) is 0 Å². The lowest BCUT2D eigenvalue weighted by Gasteiger charge is -2.25. The number of aliphatic imine (C=N–C) groups is 2. The number of isocyanates is 1. The monoisotopic (exact) mass is 554 g/mol. The first kappa shape index (κ1) is 30.0. The predicted octanol–water partition coefficient (Wildman–Crippen LogP) is 4.84. The number of hydrogen-bond acceptors (Lipinski definition) is 8. The van der Waals surface area contributed by atoms with E-state index in [1.807, 2.05) is 24.5 Å². The molecule has 0 aromatic carbocycles. The summed E-state index contributed by atoms with van der Waals surface area (Å²) in [6, 6.07) is 9.40. The maximum absolute atomic E-state index is 9.21. The molecule has 2 unspecified atom stereocenters. The van der Waals surface area contributed by atoms with Crippen molar-refractivity contribution in [3.8, 4) is 0 Å². The average Bonchev–Trinajstić information content (AvgIpc) is 3.43. The van der Waals surface area contributed by atoms with Crippen molar-refractivity contribution in [2.45, 2.75) is 50.6 Å². The number of amidine groups is 1. The zero-order valence-corrected chi connectivity index (χ0v) is 22.5. The van der Waals surface area contributed by atoms with Crippen molar-refractivity contribution in [1.29, 1.82) is 0 Å². The molecular weight excluding hydrogens is 523 g/mol. The van der Waals surface area contributed by atoms with Gasteiger partial charge < -0.3 is 15.8 Å². The van der Waals surface area contributed by atoms with Gasteiger partial charge in [0.05, 0.1) is 35.9 Å². The molecule has 0 amide bonds. The van der Waals surface area contributed by atoms with Crippen molar-refractivity contribution in [2.75, 3.05) is 30.9 Å². The van der Waals surface area contributed by atoms with Gasteiger partial charge in [-0.05, 0) is 61.8 Å². The number of ether oxygens (including phenoxy) is 1. The highest BCUT2D eigenvalue weighted by Crippen LogP contribution is 2.28. The van der Waals surface area contributed by atoms with Gasteiger partial charge in [-0.25, -0.2) is 14.8 Å². The van der Waals surface area contributed by atoms with E-state index < -0.39 is 0 Å². The molecule has 0 spiro atoms. The van der Waals surface area contributed by atoms with E-state index in [-0.39, 0.29) is 17.4 Å². The summed E-state index contributed by atoms with van der Waals surface area (Å²) in [4.78, 5) is 25.4. The Morgan fingerprint density at radius 2 is 1.69 bits per heavy atom. The van der Waals surface area contributed by atoms with Crippen LogP contribution in [0.15, 0.2) is 46.6 Å². The van der Waals surface area contributed by atoms with Gasteiger partial charge in [-0.15, -0.1) is 34.8 Å². The second-order valence-corrected chi connectivity index (χ2v) is 9.17. The molecule has 196 valence electrons. The van der Waals surface area contributed by atoms with Crippen LogP contribution in [-0.4, -0.2) is 53.0 Å². The lowest BCUT2D eigenvalue weighted by Crippen LogP contribution is -2.31. The summed E-state index contributed by atoms with van der Waals surface area (Å²) in [5.41, 5.74) is 10.8. The fourth-order valence-electron chi connectivity index (χ4n) is 4.05. The summed E-state index contributed by atoms with van der Waals surface area (Å²) >= 11 is 14.6. The Labute approximate surface area is 227 Å². The van der Waals surface area contributed by atoms with Crippen LogP contribution in [0.1, 0.15) is 60.3 Å². The third-order valence-corrected chi connectivity index (χ3v) is 5.75. The molecule has 1 aliphatic heterocycles. The molecule has 2 aromatic heterocycles. The zero-order valence-electron chi connectivity index (χ0n) is 20.2. The second-order valence-electron chi connectivity index (χ2n) is 7.98. The summed E-state index contributed by atoms with van der Waals surface area (Å²) in [5.74, 6) is 0.398. The molecule has 2 atom stereocenters. The fourth-order valence-corrected chi connectivity index (χ4v) is 4.14. The van der Waals surface area contributed by atoms with Gasteiger partial charge in [-0.2, -0.15) is 0 Å². The van der Waals surface area contributed by atoms with Crippen LogP contribution in [0.4, 0.5) is 0 Å². The summed E-state index contributed by atoms with van der Waals surface area (Å²) in [6.07, 6.45) is 11.9. The Balaban J connectivity index is 0.000000198. The molecule has 8 nitrogen and oxygen atoms in total. The highest BCUT2D eigenvalue weighted by molar-refractivity contribution is 6.40. The van der Waals surface area contributed by atoms with Gasteiger partial charge in [0.25, 0.3) is 6.02 Å². The van der Waals surface area contributed by atoms with Gasteiger partial charge in [0.1, 0.15) is 6.61 Å². The van der Waals surface area contributed by atoms with E-state index in [2.05, 4.69) is 37.4 Å². The molecule has 0 fully saturated rings. The van der Waals surface area contributed by atoms with E-state index in [9.17, 15) is 4.79 Å². The Morgan fingerprint density at radius 3 is 2.25 bits per heavy atom. The van der Waals surface area contributed by atoms with Crippen LogP contribution < -0.4 is 11.1 Å². The molecule has 36 heavy (non-hydrogen) atoms. The number of aryl methyl sites for hydroxylation is 2. The maximum Gasteiger partial charge on any atom is 0.285 e. The lowest BCUT2D eigenvalue weighted by atomic mass is 9.92. The molecular formula is C25H33Cl3N6O2. The molecule has 0 saturated heterocycles. The number of hydrogen-bond donors (Lipinski definition) is 2. The molecule has 3 aliphatic rings. The molecule has 3 N–H and O–H groups in total. The molecule has 0 bridgehead atoms. The number of aromatic nitrogens is 2. The topological polar surface area (TPSA) is 115 Å². The van der Waals surface area contributed by atoms with Crippen molar-refractivity contribution in [2.24, 2.45) is 15.7 Å². The van der Waals surface area contributed by atoms with Crippen molar-refractivity contribution in [3.63, 3.8) is 0 Å². The van der Waals surface area contributed by atoms with Gasteiger partial charge >= 0.3 is 0 Å². The average molecular weight is 556 g/mol. The van der Waals surface area contributed by atoms with Gasteiger partial charge in [0.2, 0.25) is 6.08 Å². The lowest BCUT2D eigenvalue weighted by molar-refractivity contribution is 0.320. The van der Waals surface area contributed by atoms with Crippen molar-refractivity contribution >= 4 is 46.9 Å². The van der Waals surface area contributed by atoms with Crippen LogP contribution in [0.3, 0.4) is 0 Å². The Kier molecular flexibility index (Phi) is 15.1. The smallest absolute Gasteiger partial charge is 0.285 e. The number of nitrogens with one attached hydrogen (secondary N) is 1. The van der Waals surface area contributed by atoms with E-state index in [1.165, 1.54) is 30.0 Å². The minimum Gasteiger partial charge on any atom is -0.463 e. The number of pyridine rings is 2. The van der Waals surface area contributed by atoms with Gasteiger partial charge in [0, 0.05) is 24.3 Å². The molecule has 0 radical (unpaired) electrons. The van der Waals surface area contributed by atoms with Gasteiger partial charge in [-0.3, -0.25) is 9.97 Å². The minimum absolute atomic E-state index is 0.181. The normalized spacial score (nSPS) is 18.9. The third kappa shape index (κ3) is 10.4. The van der Waals surface area contributed by atoms with Crippen LogP contribution in [0, 0.1) is 0 Å². The van der Waals surface area contributed by atoms with Crippen LogP contribution in [0.2, 0.25) is 0 Å². The van der Waals surface area contributed by atoms with E-state index >= 15 is 0 Å². The summed E-state index contributed by atoms with van der Waals surface area (Å²) < 4.78 is 5.38. The molecule has 11 heteroatoms. The number of fused-ring (bicyclic) bond motifs is 2. The highest BCUT2D eigenvalue weighted by atomic mass is 35.5. The van der Waals surface area contributed by atoms with E-state index in [4.69, 9.17) is 45.3 Å². The largest absolute Gasteiger partial charge is 0.463 e. The number of rotatable bonds is 3. The standard InChI is InChI=1S/C12H15N3O.C9H12N2.C3H4ClNO.CH2Cl2/c1-3-9-4-2-6-13-11(9)10(5-1)15-12-14-7-8-16-12;10-8-5-1-3-7-4-2-6-11-9(7)8;4-1-2-5-3-6;2-1-3/h2,4,6,10H,1,3,5,7-8H2,(H,14,15);2,4,6,8H,1,3,5,10H2;1-2H2;1H2. The number of alkyl halides is 3. The summed E-state index contributed by atoms with van der Waals surface area (Å²) in [5, 5.41) is 3.53. The molecule has 5 rings (SSSR count). The number of carbonyl (C=O) groups excluding carboxylic acids is 1. The first-order valence-corrected chi connectivity index (χ1v) is 13.5. The zero-order chi connectivity index (χ0) is 26.0. The van der Waals surface area contributed by atoms with Crippen molar-refractivity contribution in [3.05, 3.63) is 59.2 Å². The van der Waals surface area contributed by atoms with Crippen LogP contribution in [-0.2, 0) is 22.4 Å². The Morgan fingerprint density at radius 1 is 1.06 bits per heavy atom. The van der Waals surface area contributed by atoms with E-state index in [0.717, 1.165) is 43.6 Å². The first-order valence-electron chi connectivity index (χ1n) is 11.9. The Bertz CT molecular complexity index is 988. The summed E-state index contributed by atoms with van der Waals surface area (Å²) in [7, 11) is 0. The number of halogens is 3. The molecule has 3 heterocycles. The fraction of sp³-hybridized carbons (Fsp3) is 0.520. The summed E-state index contributed by atoms with van der Waals surface area (Å²) in [6.45, 7) is 1.85. The predicted molar refractivity (Wildman–Crippen MR) is 146 cm³/mol. The highest BCUT2D eigenvalue weighted by Gasteiger charge is 2.23. The van der Waals surface area contributed by atoms with Gasteiger partial charge in [-0.1, -0.05) is 12.1 Å². The third-order valence-electron chi connectivity index (χ3n) is 5.58. The number of nitrogens with zero attached hydrogens (tertiary/aromatic N) is 4. The van der Waals surface area contributed by atoms with Crippen LogP contribution in [0.25, 0.3) is 0 Å². The SMILES string of the molecule is ClCCl.NC1CCCc2cccnc21.O=C=NCCCl.c1cnc2c(c1)CCCC2NC1=NCCO1. The Hall–Kier alpha value is -2.22.